The summed E-state index contributed by atoms with van der Waals surface area (Å²) in [6.45, 7) is 2.49. The van der Waals surface area contributed by atoms with E-state index >= 15 is 0 Å². The minimum atomic E-state index is -5.72. The first kappa shape index (κ1) is 19.3. The van der Waals surface area contributed by atoms with Crippen molar-refractivity contribution < 1.29 is 36.5 Å². The first-order valence-corrected chi connectivity index (χ1v) is 6.76. The van der Waals surface area contributed by atoms with Crippen LogP contribution in [-0.4, -0.2) is 30.5 Å². The Balaban J connectivity index is 3.24. The van der Waals surface area contributed by atoms with Gasteiger partial charge >= 0.3 is 18.0 Å². The van der Waals surface area contributed by atoms with Crippen molar-refractivity contribution >= 4 is 5.91 Å². The Morgan fingerprint density at radius 2 is 1.52 bits per heavy atom. The van der Waals surface area contributed by atoms with Gasteiger partial charge in [0.2, 0.25) is 0 Å². The zero-order chi connectivity index (χ0) is 17.9. The second kappa shape index (κ2) is 6.77. The normalized spacial score (nSPS) is 13.3. The van der Waals surface area contributed by atoms with Gasteiger partial charge in [-0.2, -0.15) is 26.3 Å². The molecule has 1 rings (SSSR count). The van der Waals surface area contributed by atoms with E-state index in [0.29, 0.717) is 0 Å². The second-order valence-electron chi connectivity index (χ2n) is 5.46. The number of halogens is 6. The van der Waals surface area contributed by atoms with Gasteiger partial charge in [0.1, 0.15) is 0 Å². The van der Waals surface area contributed by atoms with E-state index in [1.165, 1.54) is 32.0 Å². The molecule has 1 aromatic carbocycles. The number of carbonyl (C=O) groups is 1. The molecule has 0 bridgehead atoms. The summed E-state index contributed by atoms with van der Waals surface area (Å²) in [6.07, 6.45) is -11.4. The molecule has 9 heteroatoms. The van der Waals surface area contributed by atoms with Gasteiger partial charge in [-0.3, -0.25) is 10.1 Å². The molecule has 0 heterocycles. The predicted octanol–water partition coefficient (Wildman–Crippen LogP) is 2.46. The molecule has 0 unspecified atom stereocenters. The van der Waals surface area contributed by atoms with Gasteiger partial charge in [-0.05, 0) is 12.1 Å². The van der Waals surface area contributed by atoms with Gasteiger partial charge < -0.3 is 5.32 Å². The molecule has 0 aliphatic rings. The van der Waals surface area contributed by atoms with Crippen LogP contribution >= 0.6 is 0 Å². The third-order valence-corrected chi connectivity index (χ3v) is 3.14. The molecular formula is C14H17F6N2O+. The maximum atomic E-state index is 13.2. The predicted molar refractivity (Wildman–Crippen MR) is 70.4 cm³/mol. The molecule has 0 atom stereocenters. The summed E-state index contributed by atoms with van der Waals surface area (Å²) in [5, 5.41) is 1.22. The van der Waals surface area contributed by atoms with Crippen LogP contribution in [-0.2, 0) is 0 Å². The number of carbonyl (C=O) groups excluding carboxylic acids is 1. The highest BCUT2D eigenvalue weighted by Crippen LogP contribution is 2.38. The molecule has 0 radical (unpaired) electrons. The van der Waals surface area contributed by atoms with E-state index in [-0.39, 0.29) is 10.9 Å². The van der Waals surface area contributed by atoms with Crippen molar-refractivity contribution in [1.29, 1.82) is 0 Å². The molecule has 0 fully saturated rings. The zero-order valence-electron chi connectivity index (χ0n) is 12.4. The highest BCUT2D eigenvalue weighted by Gasteiger charge is 2.76. The van der Waals surface area contributed by atoms with Gasteiger partial charge in [0.05, 0.1) is 6.54 Å². The molecule has 1 amide bonds. The minimum Gasteiger partial charge on any atom is -0.308 e. The SMILES string of the molecule is CC(C)C[NH2+]C(NC(=O)c1ccccc1)(C(F)(F)F)C(F)(F)F. The van der Waals surface area contributed by atoms with Crippen LogP contribution in [0.15, 0.2) is 30.3 Å². The number of quaternary nitrogens is 1. The molecule has 0 spiro atoms. The molecule has 0 aromatic heterocycles. The number of hydrogen-bond acceptors (Lipinski definition) is 1. The number of benzene rings is 1. The number of amides is 1. The van der Waals surface area contributed by atoms with Crippen LogP contribution < -0.4 is 10.6 Å². The van der Waals surface area contributed by atoms with Crippen LogP contribution in [0, 0.1) is 5.92 Å². The van der Waals surface area contributed by atoms with Crippen LogP contribution in [0.4, 0.5) is 26.3 Å². The summed E-state index contributed by atoms with van der Waals surface area (Å²) >= 11 is 0. The number of alkyl halides is 6. The van der Waals surface area contributed by atoms with E-state index in [2.05, 4.69) is 0 Å². The average molecular weight is 343 g/mol. The van der Waals surface area contributed by atoms with E-state index in [0.717, 1.165) is 17.4 Å². The Kier molecular flexibility index (Phi) is 5.68. The van der Waals surface area contributed by atoms with Crippen LogP contribution in [0.1, 0.15) is 24.2 Å². The van der Waals surface area contributed by atoms with Crippen molar-refractivity contribution in [2.45, 2.75) is 31.9 Å². The Labute approximate surface area is 129 Å². The standard InChI is InChI=1S/C14H16F6N2O/c1-9(2)8-21-12(13(15,16)17,14(18,19)20)22-11(23)10-6-4-3-5-7-10/h3-7,9,21H,8H2,1-2H3,(H,22,23)/p+1. The summed E-state index contributed by atoms with van der Waals surface area (Å²) in [5.74, 6) is -1.88. The fourth-order valence-corrected chi connectivity index (χ4v) is 1.84. The number of nitrogens with two attached hydrogens (primary N) is 1. The summed E-state index contributed by atoms with van der Waals surface area (Å²) in [6, 6.07) is 6.44. The molecule has 0 aliphatic carbocycles. The van der Waals surface area contributed by atoms with Crippen molar-refractivity contribution in [3.63, 3.8) is 0 Å². The van der Waals surface area contributed by atoms with Crippen molar-refractivity contribution in [1.82, 2.24) is 5.32 Å². The lowest BCUT2D eigenvalue weighted by atomic mass is 10.1. The molecule has 3 N–H and O–H groups in total. The highest BCUT2D eigenvalue weighted by molar-refractivity contribution is 5.94. The number of rotatable bonds is 5. The molecule has 3 nitrogen and oxygen atoms in total. The second-order valence-corrected chi connectivity index (χ2v) is 5.46. The lowest BCUT2D eigenvalue weighted by Gasteiger charge is -2.35. The minimum absolute atomic E-state index is 0.0819. The van der Waals surface area contributed by atoms with Crippen molar-refractivity contribution in [2.24, 2.45) is 5.92 Å². The van der Waals surface area contributed by atoms with Crippen molar-refractivity contribution in [2.75, 3.05) is 6.54 Å². The van der Waals surface area contributed by atoms with Crippen LogP contribution in [0.2, 0.25) is 0 Å². The number of hydrogen-bond donors (Lipinski definition) is 2. The maximum absolute atomic E-state index is 13.2. The fraction of sp³-hybridized carbons (Fsp3) is 0.500. The third kappa shape index (κ3) is 4.37. The molecule has 1 aromatic rings. The molecule has 0 saturated heterocycles. The van der Waals surface area contributed by atoms with Gasteiger partial charge in [-0.25, -0.2) is 0 Å². The fourth-order valence-electron chi connectivity index (χ4n) is 1.84. The number of nitrogens with one attached hydrogen (secondary N) is 1. The van der Waals surface area contributed by atoms with Gasteiger partial charge in [0, 0.05) is 11.5 Å². The Morgan fingerprint density at radius 1 is 1.04 bits per heavy atom. The molecule has 23 heavy (non-hydrogen) atoms. The lowest BCUT2D eigenvalue weighted by molar-refractivity contribution is -0.787. The molecule has 130 valence electrons. The van der Waals surface area contributed by atoms with Crippen molar-refractivity contribution in [3.8, 4) is 0 Å². The third-order valence-electron chi connectivity index (χ3n) is 3.14. The first-order chi connectivity index (χ1) is 10.4. The zero-order valence-corrected chi connectivity index (χ0v) is 12.4. The van der Waals surface area contributed by atoms with E-state index < -0.39 is 36.4 Å². The van der Waals surface area contributed by atoms with E-state index in [1.807, 2.05) is 0 Å². The van der Waals surface area contributed by atoms with Crippen molar-refractivity contribution in [3.05, 3.63) is 35.9 Å². The van der Waals surface area contributed by atoms with Gasteiger partial charge in [-0.15, -0.1) is 0 Å². The molecule has 0 aliphatic heterocycles. The first-order valence-electron chi connectivity index (χ1n) is 6.76. The monoisotopic (exact) mass is 343 g/mol. The van der Waals surface area contributed by atoms with E-state index in [1.54, 1.807) is 0 Å². The van der Waals surface area contributed by atoms with Gasteiger partial charge in [-0.1, -0.05) is 32.0 Å². The Morgan fingerprint density at radius 3 is 1.91 bits per heavy atom. The van der Waals surface area contributed by atoms with Gasteiger partial charge in [0.15, 0.2) is 0 Å². The smallest absolute Gasteiger partial charge is 0.308 e. The summed E-state index contributed by atoms with van der Waals surface area (Å²) in [7, 11) is 0. The molecular weight excluding hydrogens is 326 g/mol. The van der Waals surface area contributed by atoms with Gasteiger partial charge in [0.25, 0.3) is 5.91 Å². The van der Waals surface area contributed by atoms with Crippen LogP contribution in [0.3, 0.4) is 0 Å². The Hall–Kier alpha value is -1.77. The highest BCUT2D eigenvalue weighted by atomic mass is 19.4. The summed E-state index contributed by atoms with van der Waals surface area (Å²) in [4.78, 5) is 11.9. The van der Waals surface area contributed by atoms with Crippen LogP contribution in [0.5, 0.6) is 0 Å². The quantitative estimate of drug-likeness (QED) is 0.626. The largest absolute Gasteiger partial charge is 0.475 e. The Bertz CT molecular complexity index is 510. The maximum Gasteiger partial charge on any atom is 0.475 e. The summed E-state index contributed by atoms with van der Waals surface area (Å²) < 4.78 is 79.4. The summed E-state index contributed by atoms with van der Waals surface area (Å²) in [5.41, 5.74) is -4.68. The van der Waals surface area contributed by atoms with Crippen LogP contribution in [0.25, 0.3) is 0 Å². The topological polar surface area (TPSA) is 45.7 Å². The molecule has 0 saturated carbocycles. The lowest BCUT2D eigenvalue weighted by Crippen LogP contribution is -3.08. The van der Waals surface area contributed by atoms with E-state index in [9.17, 15) is 31.1 Å². The van der Waals surface area contributed by atoms with E-state index in [4.69, 9.17) is 0 Å². The average Bonchev–Trinajstić information content (AvgIpc) is 2.41.